The van der Waals surface area contributed by atoms with Crippen LogP contribution in [-0.2, 0) is 11.3 Å². The summed E-state index contributed by atoms with van der Waals surface area (Å²) in [6.07, 6.45) is 1.46. The van der Waals surface area contributed by atoms with Gasteiger partial charge in [-0.15, -0.1) is 0 Å². The van der Waals surface area contributed by atoms with Crippen LogP contribution in [0.5, 0.6) is 5.75 Å². The molecule has 5 nitrogen and oxygen atoms in total. The minimum Gasteiger partial charge on any atom is -0.422 e. The summed E-state index contributed by atoms with van der Waals surface area (Å²) < 4.78 is 5.51. The Morgan fingerprint density at radius 3 is 2.41 bits per heavy atom. The normalized spacial score (nSPS) is 14.7. The van der Waals surface area contributed by atoms with Crippen LogP contribution < -0.4 is 4.74 Å². The molecule has 3 aromatic rings. The van der Waals surface area contributed by atoms with E-state index in [0.29, 0.717) is 26.2 Å². The number of carbonyl (C=O) groups is 3. The second-order valence-corrected chi connectivity index (χ2v) is 9.72. The average Bonchev–Trinajstić information content (AvgIpc) is 3.05. The van der Waals surface area contributed by atoms with Crippen molar-refractivity contribution >= 4 is 81.4 Å². The van der Waals surface area contributed by atoms with E-state index in [1.165, 1.54) is 24.3 Å². The Bertz CT molecular complexity index is 1360. The quantitative estimate of drug-likeness (QED) is 0.184. The number of halogens is 4. The van der Waals surface area contributed by atoms with Crippen LogP contribution in [0, 0.1) is 0 Å². The first-order valence-corrected chi connectivity index (χ1v) is 12.0. The zero-order chi connectivity index (χ0) is 24.4. The molecule has 0 bridgehead atoms. The van der Waals surface area contributed by atoms with Crippen molar-refractivity contribution in [3.8, 4) is 5.75 Å². The van der Waals surface area contributed by atoms with E-state index in [1.54, 1.807) is 42.5 Å². The number of hydrogen-bond donors (Lipinski definition) is 0. The second kappa shape index (κ2) is 10.4. The van der Waals surface area contributed by atoms with Crippen molar-refractivity contribution in [2.45, 2.75) is 6.54 Å². The molecule has 0 radical (unpaired) electrons. The average molecular weight is 553 g/mol. The number of benzene rings is 3. The maximum Gasteiger partial charge on any atom is 0.345 e. The van der Waals surface area contributed by atoms with Gasteiger partial charge in [-0.05, 0) is 65.9 Å². The minimum atomic E-state index is -0.671. The molecular formula is C24H13Cl4NO4S. The lowest BCUT2D eigenvalue weighted by Crippen LogP contribution is -2.27. The van der Waals surface area contributed by atoms with Crippen LogP contribution in [0.25, 0.3) is 6.08 Å². The lowest BCUT2D eigenvalue weighted by molar-refractivity contribution is -0.123. The van der Waals surface area contributed by atoms with Crippen molar-refractivity contribution in [3.05, 3.63) is 102 Å². The van der Waals surface area contributed by atoms with Crippen LogP contribution in [0.4, 0.5) is 4.79 Å². The van der Waals surface area contributed by atoms with Gasteiger partial charge in [-0.1, -0.05) is 64.6 Å². The summed E-state index contributed by atoms with van der Waals surface area (Å²) in [5.41, 5.74) is 1.19. The predicted molar refractivity (Wildman–Crippen MR) is 136 cm³/mol. The highest BCUT2D eigenvalue weighted by atomic mass is 35.5. The first-order chi connectivity index (χ1) is 16.2. The zero-order valence-electron chi connectivity index (χ0n) is 17.1. The summed E-state index contributed by atoms with van der Waals surface area (Å²) in [5, 5.41) is 0.856. The van der Waals surface area contributed by atoms with E-state index in [1.807, 2.05) is 0 Å². The number of imide groups is 1. The predicted octanol–water partition coefficient (Wildman–Crippen LogP) is 7.76. The van der Waals surface area contributed by atoms with Crippen molar-refractivity contribution in [2.75, 3.05) is 0 Å². The number of esters is 1. The molecule has 1 aliphatic rings. The standard InChI is InChI=1S/C24H13Cl4NO4S/c25-15-6-8-20(33-23(31)16-3-1-2-4-17(16)26)14(10-15)11-21-22(30)29(24(32)34-21)12-13-5-7-18(27)19(28)9-13/h1-11H,12H2/b21-11-. The van der Waals surface area contributed by atoms with Crippen LogP contribution in [0.15, 0.2) is 65.6 Å². The van der Waals surface area contributed by atoms with Crippen molar-refractivity contribution < 1.29 is 19.1 Å². The van der Waals surface area contributed by atoms with Crippen molar-refractivity contribution in [2.24, 2.45) is 0 Å². The summed E-state index contributed by atoms with van der Waals surface area (Å²) in [7, 11) is 0. The van der Waals surface area contributed by atoms with Crippen LogP contribution in [0.3, 0.4) is 0 Å². The molecule has 0 aromatic heterocycles. The fourth-order valence-corrected chi connectivity index (χ4v) is 4.65. The monoisotopic (exact) mass is 551 g/mol. The van der Waals surface area contributed by atoms with Gasteiger partial charge < -0.3 is 4.74 Å². The van der Waals surface area contributed by atoms with Gasteiger partial charge >= 0.3 is 5.97 Å². The lowest BCUT2D eigenvalue weighted by Gasteiger charge is -2.13. The first kappa shape index (κ1) is 24.6. The number of hydrogen-bond acceptors (Lipinski definition) is 5. The Kier molecular flexibility index (Phi) is 7.55. The van der Waals surface area contributed by atoms with E-state index < -0.39 is 17.1 Å². The van der Waals surface area contributed by atoms with Gasteiger partial charge in [0.2, 0.25) is 0 Å². The molecule has 0 saturated carbocycles. The summed E-state index contributed by atoms with van der Waals surface area (Å²) in [4.78, 5) is 39.4. The van der Waals surface area contributed by atoms with E-state index in [9.17, 15) is 14.4 Å². The molecule has 0 N–H and O–H groups in total. The van der Waals surface area contributed by atoms with Gasteiger partial charge in [0, 0.05) is 10.6 Å². The molecular weight excluding hydrogens is 540 g/mol. The fourth-order valence-electron chi connectivity index (χ4n) is 3.10. The maximum absolute atomic E-state index is 13.0. The van der Waals surface area contributed by atoms with Gasteiger partial charge in [0.15, 0.2) is 0 Å². The summed E-state index contributed by atoms with van der Waals surface area (Å²) in [6.45, 7) is 0.0305. The number of thioether (sulfide) groups is 1. The summed E-state index contributed by atoms with van der Waals surface area (Å²) in [5.74, 6) is -1.01. The molecule has 10 heteroatoms. The van der Waals surface area contributed by atoms with Crippen molar-refractivity contribution in [1.29, 1.82) is 0 Å². The number of rotatable bonds is 5. The molecule has 4 rings (SSSR count). The van der Waals surface area contributed by atoms with Crippen molar-refractivity contribution in [3.63, 3.8) is 0 Å². The van der Waals surface area contributed by atoms with Crippen LogP contribution >= 0.6 is 58.2 Å². The molecule has 1 aliphatic heterocycles. The van der Waals surface area contributed by atoms with E-state index in [4.69, 9.17) is 51.1 Å². The smallest absolute Gasteiger partial charge is 0.345 e. The Labute approximate surface area is 219 Å². The number of carbonyl (C=O) groups excluding carboxylic acids is 3. The maximum atomic E-state index is 13.0. The molecule has 0 unspecified atom stereocenters. The van der Waals surface area contributed by atoms with E-state index in [2.05, 4.69) is 0 Å². The molecule has 172 valence electrons. The highest BCUT2D eigenvalue weighted by Gasteiger charge is 2.35. The van der Waals surface area contributed by atoms with Gasteiger partial charge in [-0.3, -0.25) is 14.5 Å². The van der Waals surface area contributed by atoms with Crippen molar-refractivity contribution in [1.82, 2.24) is 4.90 Å². The Balaban J connectivity index is 1.60. The van der Waals surface area contributed by atoms with Gasteiger partial charge in [0.05, 0.1) is 32.1 Å². The highest BCUT2D eigenvalue weighted by Crippen LogP contribution is 2.36. The molecule has 0 spiro atoms. The largest absolute Gasteiger partial charge is 0.422 e. The third-order valence-corrected chi connectivity index (χ3v) is 6.96. The first-order valence-electron chi connectivity index (χ1n) is 9.68. The topological polar surface area (TPSA) is 63.7 Å². The highest BCUT2D eigenvalue weighted by molar-refractivity contribution is 8.18. The van der Waals surface area contributed by atoms with E-state index in [0.717, 1.165) is 16.7 Å². The van der Waals surface area contributed by atoms with Crippen LogP contribution in [-0.4, -0.2) is 22.0 Å². The molecule has 1 fully saturated rings. The fraction of sp³-hybridized carbons (Fsp3) is 0.0417. The van der Waals surface area contributed by atoms with E-state index >= 15 is 0 Å². The third kappa shape index (κ3) is 5.43. The summed E-state index contributed by atoms with van der Waals surface area (Å²) >= 11 is 24.9. The molecule has 1 saturated heterocycles. The summed E-state index contributed by atoms with van der Waals surface area (Å²) in [6, 6.07) is 15.9. The van der Waals surface area contributed by atoms with Crippen LogP contribution in [0.1, 0.15) is 21.5 Å². The number of nitrogens with zero attached hydrogens (tertiary/aromatic N) is 1. The Morgan fingerprint density at radius 1 is 0.912 bits per heavy atom. The van der Waals surface area contributed by atoms with Gasteiger partial charge in [0.1, 0.15) is 5.75 Å². The molecule has 1 heterocycles. The Hall–Kier alpha value is -2.48. The molecule has 34 heavy (non-hydrogen) atoms. The molecule has 2 amide bonds. The van der Waals surface area contributed by atoms with Gasteiger partial charge in [0.25, 0.3) is 11.1 Å². The molecule has 3 aromatic carbocycles. The van der Waals surface area contributed by atoms with Gasteiger partial charge in [-0.25, -0.2) is 4.79 Å². The Morgan fingerprint density at radius 2 is 1.68 bits per heavy atom. The van der Waals surface area contributed by atoms with Crippen LogP contribution in [0.2, 0.25) is 20.1 Å². The van der Waals surface area contributed by atoms with E-state index in [-0.39, 0.29) is 27.8 Å². The van der Waals surface area contributed by atoms with Gasteiger partial charge in [-0.2, -0.15) is 0 Å². The lowest BCUT2D eigenvalue weighted by atomic mass is 10.1. The number of amides is 2. The molecule has 0 aliphatic carbocycles. The minimum absolute atomic E-state index is 0.0305. The SMILES string of the molecule is O=C(Oc1ccc(Cl)cc1/C=C1\SC(=O)N(Cc2ccc(Cl)c(Cl)c2)C1=O)c1ccccc1Cl. The second-order valence-electron chi connectivity index (χ2n) is 7.07. The zero-order valence-corrected chi connectivity index (χ0v) is 20.9. The number of ether oxygens (including phenoxy) is 1. The molecule has 0 atom stereocenters. The third-order valence-electron chi connectivity index (χ3n) is 4.75.